The van der Waals surface area contributed by atoms with Crippen LogP contribution in [0.5, 0.6) is 0 Å². The molecule has 0 fully saturated rings. The van der Waals surface area contributed by atoms with Crippen molar-refractivity contribution in [3.8, 4) is 0 Å². The maximum Gasteiger partial charge on any atom is 0.149 e. The monoisotopic (exact) mass is 198 g/mol. The van der Waals surface area contributed by atoms with Crippen LogP contribution < -0.4 is 11.5 Å². The number of hydrogen-bond donors (Lipinski definition) is 2. The summed E-state index contributed by atoms with van der Waals surface area (Å²) in [4.78, 5) is 0. The highest BCUT2D eigenvalue weighted by atomic mass is 35.5. The molecule has 0 atom stereocenters. The summed E-state index contributed by atoms with van der Waals surface area (Å²) >= 11 is 0. The van der Waals surface area contributed by atoms with Crippen LogP contribution in [0.2, 0.25) is 0 Å². The normalized spacial score (nSPS) is 8.18. The molecule has 0 aromatic carbocycles. The topological polar surface area (TPSA) is 69.9 Å². The molecule has 0 spiro atoms. The van der Waals surface area contributed by atoms with E-state index < -0.39 is 0 Å². The van der Waals surface area contributed by atoms with E-state index in [1.165, 1.54) is 0 Å². The van der Waals surface area contributed by atoms with Crippen molar-refractivity contribution in [1.29, 1.82) is 0 Å². The van der Waals surface area contributed by atoms with Gasteiger partial charge in [0.1, 0.15) is 5.82 Å². The molecule has 1 rings (SSSR count). The zero-order valence-corrected chi connectivity index (χ0v) is 7.78. The molecule has 0 aliphatic carbocycles. The highest BCUT2D eigenvalue weighted by molar-refractivity contribution is 5.85. The summed E-state index contributed by atoms with van der Waals surface area (Å²) < 4.78 is 1.65. The molecule has 0 unspecified atom stereocenters. The van der Waals surface area contributed by atoms with Gasteiger partial charge in [0.15, 0.2) is 0 Å². The van der Waals surface area contributed by atoms with Gasteiger partial charge in [0.05, 0.1) is 0 Å². The molecule has 1 aromatic rings. The minimum Gasteiger partial charge on any atom is -0.382 e. The molecule has 6 heteroatoms. The number of nitrogens with two attached hydrogens (primary N) is 2. The van der Waals surface area contributed by atoms with Gasteiger partial charge in [-0.15, -0.1) is 24.8 Å². The molecule has 1 heterocycles. The Morgan fingerprint density at radius 3 is 2.27 bits per heavy atom. The van der Waals surface area contributed by atoms with E-state index in [9.17, 15) is 0 Å². The smallest absolute Gasteiger partial charge is 0.149 e. The van der Waals surface area contributed by atoms with Gasteiger partial charge in [-0.25, -0.2) is 0 Å². The lowest BCUT2D eigenvalue weighted by Crippen LogP contribution is -1.98. The minimum absolute atomic E-state index is 0. The van der Waals surface area contributed by atoms with Crippen LogP contribution in [0.4, 0.5) is 5.82 Å². The van der Waals surface area contributed by atoms with E-state index in [-0.39, 0.29) is 24.8 Å². The standard InChI is InChI=1S/C5H10N4.2ClH/c1-9-3-4(2-6)5(7)8-9;;/h3H,2,6H2,1H3,(H2,7,8);2*1H. The Morgan fingerprint density at radius 1 is 1.55 bits per heavy atom. The molecule has 0 bridgehead atoms. The SMILES string of the molecule is Cl.Cl.Cn1cc(CN)c(N)n1. The minimum atomic E-state index is 0. The third-order valence-electron chi connectivity index (χ3n) is 1.16. The van der Waals surface area contributed by atoms with Crippen molar-refractivity contribution < 1.29 is 0 Å². The summed E-state index contributed by atoms with van der Waals surface area (Å²) in [6.07, 6.45) is 1.81. The van der Waals surface area contributed by atoms with E-state index >= 15 is 0 Å². The summed E-state index contributed by atoms with van der Waals surface area (Å²) in [6, 6.07) is 0. The lowest BCUT2D eigenvalue weighted by molar-refractivity contribution is 0.770. The van der Waals surface area contributed by atoms with Crippen molar-refractivity contribution in [2.75, 3.05) is 5.73 Å². The Hall–Kier alpha value is -0.450. The van der Waals surface area contributed by atoms with Gasteiger partial charge in [0, 0.05) is 25.4 Å². The summed E-state index contributed by atoms with van der Waals surface area (Å²) in [7, 11) is 1.82. The predicted molar refractivity (Wildman–Crippen MR) is 50.0 cm³/mol. The van der Waals surface area contributed by atoms with Crippen LogP contribution in [0.15, 0.2) is 6.20 Å². The first-order valence-corrected chi connectivity index (χ1v) is 2.72. The second-order valence-electron chi connectivity index (χ2n) is 1.92. The number of anilines is 1. The number of hydrogen-bond acceptors (Lipinski definition) is 3. The van der Waals surface area contributed by atoms with Gasteiger partial charge in [-0.2, -0.15) is 5.10 Å². The van der Waals surface area contributed by atoms with Crippen LogP contribution in [0.3, 0.4) is 0 Å². The first-order chi connectivity index (χ1) is 4.24. The molecular weight excluding hydrogens is 187 g/mol. The van der Waals surface area contributed by atoms with Crippen LogP contribution in [-0.2, 0) is 13.6 Å². The molecule has 1 aromatic heterocycles. The van der Waals surface area contributed by atoms with Crippen molar-refractivity contribution >= 4 is 30.6 Å². The molecule has 4 N–H and O–H groups in total. The lowest BCUT2D eigenvalue weighted by Gasteiger charge is -1.85. The fourth-order valence-electron chi connectivity index (χ4n) is 0.712. The fraction of sp³-hybridized carbons (Fsp3) is 0.400. The van der Waals surface area contributed by atoms with Crippen LogP contribution in [-0.4, -0.2) is 9.78 Å². The summed E-state index contributed by atoms with van der Waals surface area (Å²) in [6.45, 7) is 0.458. The summed E-state index contributed by atoms with van der Waals surface area (Å²) in [5, 5.41) is 3.90. The number of nitrogens with zero attached hydrogens (tertiary/aromatic N) is 2. The fourth-order valence-corrected chi connectivity index (χ4v) is 0.712. The van der Waals surface area contributed by atoms with Gasteiger partial charge in [-0.05, 0) is 0 Å². The average Bonchev–Trinajstić information content (AvgIpc) is 2.10. The Balaban J connectivity index is 0. The van der Waals surface area contributed by atoms with E-state index in [0.29, 0.717) is 12.4 Å². The molecule has 0 aliphatic heterocycles. The molecule has 4 nitrogen and oxygen atoms in total. The maximum atomic E-state index is 5.44. The first kappa shape index (κ1) is 13.2. The largest absolute Gasteiger partial charge is 0.382 e. The average molecular weight is 199 g/mol. The molecule has 0 aliphatic rings. The van der Waals surface area contributed by atoms with E-state index in [1.807, 2.05) is 13.2 Å². The number of halogens is 2. The number of nitrogen functional groups attached to an aromatic ring is 1. The first-order valence-electron chi connectivity index (χ1n) is 2.72. The van der Waals surface area contributed by atoms with E-state index in [4.69, 9.17) is 11.5 Å². The number of rotatable bonds is 1. The Bertz CT molecular complexity index is 210. The van der Waals surface area contributed by atoms with Gasteiger partial charge in [0.2, 0.25) is 0 Å². The summed E-state index contributed by atoms with van der Waals surface area (Å²) in [5.41, 5.74) is 11.7. The van der Waals surface area contributed by atoms with E-state index in [2.05, 4.69) is 5.10 Å². The van der Waals surface area contributed by atoms with Crippen molar-refractivity contribution in [3.05, 3.63) is 11.8 Å². The number of aromatic nitrogens is 2. The predicted octanol–water partition coefficient (Wildman–Crippen LogP) is 0.305. The third-order valence-corrected chi connectivity index (χ3v) is 1.16. The zero-order chi connectivity index (χ0) is 6.85. The van der Waals surface area contributed by atoms with Gasteiger partial charge >= 0.3 is 0 Å². The van der Waals surface area contributed by atoms with Crippen molar-refractivity contribution in [2.45, 2.75) is 6.54 Å². The van der Waals surface area contributed by atoms with Gasteiger partial charge in [-0.3, -0.25) is 4.68 Å². The van der Waals surface area contributed by atoms with Gasteiger partial charge in [-0.1, -0.05) is 0 Å². The van der Waals surface area contributed by atoms with Crippen LogP contribution in [0.25, 0.3) is 0 Å². The second-order valence-corrected chi connectivity index (χ2v) is 1.92. The van der Waals surface area contributed by atoms with Crippen LogP contribution in [0.1, 0.15) is 5.56 Å². The molecule has 0 amide bonds. The summed E-state index contributed by atoms with van der Waals surface area (Å²) in [5.74, 6) is 0.528. The van der Waals surface area contributed by atoms with E-state index in [0.717, 1.165) is 5.56 Å². The zero-order valence-electron chi connectivity index (χ0n) is 6.15. The van der Waals surface area contributed by atoms with Crippen LogP contribution >= 0.6 is 24.8 Å². The Kier molecular flexibility index (Phi) is 6.26. The Labute approximate surface area is 77.8 Å². The highest BCUT2D eigenvalue weighted by Gasteiger charge is 1.98. The molecule has 66 valence electrons. The quantitative estimate of drug-likeness (QED) is 0.683. The van der Waals surface area contributed by atoms with Crippen LogP contribution in [0, 0.1) is 0 Å². The highest BCUT2D eigenvalue weighted by Crippen LogP contribution is 2.04. The van der Waals surface area contributed by atoms with Crippen molar-refractivity contribution in [2.24, 2.45) is 12.8 Å². The van der Waals surface area contributed by atoms with E-state index in [1.54, 1.807) is 4.68 Å². The molecule has 11 heavy (non-hydrogen) atoms. The van der Waals surface area contributed by atoms with Crippen molar-refractivity contribution in [1.82, 2.24) is 9.78 Å². The molecule has 0 radical (unpaired) electrons. The maximum absolute atomic E-state index is 5.44. The third kappa shape index (κ3) is 2.96. The lowest BCUT2D eigenvalue weighted by atomic mass is 10.3. The molecule has 0 saturated carbocycles. The van der Waals surface area contributed by atoms with Crippen molar-refractivity contribution in [3.63, 3.8) is 0 Å². The molecule has 0 saturated heterocycles. The number of aryl methyl sites for hydroxylation is 1. The van der Waals surface area contributed by atoms with Gasteiger partial charge < -0.3 is 11.5 Å². The molecular formula is C5H12Cl2N4. The second kappa shape index (κ2) is 5.23. The Morgan fingerprint density at radius 2 is 2.09 bits per heavy atom. The van der Waals surface area contributed by atoms with Gasteiger partial charge in [0.25, 0.3) is 0 Å².